The Morgan fingerprint density at radius 2 is 1.77 bits per heavy atom. The number of carbonyl (C=O) groups excluding carboxylic acids is 1. The number of phenolic OH excluding ortho intramolecular Hbond substituents is 1. The molecule has 1 aliphatic heterocycles. The second-order valence-corrected chi connectivity index (χ2v) is 9.27. The van der Waals surface area contributed by atoms with Gasteiger partial charge in [0.05, 0.1) is 17.5 Å². The molecule has 2 aromatic carbocycles. The molecule has 0 unspecified atom stereocenters. The van der Waals surface area contributed by atoms with Crippen LogP contribution in [0.1, 0.15) is 45.8 Å². The Morgan fingerprint density at radius 1 is 1.03 bits per heavy atom. The fraction of sp³-hybridized carbons (Fsp3) is 0.250. The molecule has 7 nitrogen and oxygen atoms in total. The minimum Gasteiger partial charge on any atom is -0.508 e. The summed E-state index contributed by atoms with van der Waals surface area (Å²) in [6.07, 6.45) is 0.502. The van der Waals surface area contributed by atoms with Crippen molar-refractivity contribution in [2.45, 2.75) is 46.1 Å². The summed E-state index contributed by atoms with van der Waals surface area (Å²) in [7, 11) is 0. The van der Waals surface area contributed by atoms with Crippen LogP contribution in [0.15, 0.2) is 58.1 Å². The summed E-state index contributed by atoms with van der Waals surface area (Å²) in [6, 6.07) is 14.3. The molecule has 3 heterocycles. The number of carbonyl (C=O) groups is 1. The number of aromatic amines is 1. The number of esters is 1. The highest BCUT2D eigenvalue weighted by atomic mass is 16.5. The van der Waals surface area contributed by atoms with E-state index < -0.39 is 11.9 Å². The molecule has 1 aliphatic rings. The summed E-state index contributed by atoms with van der Waals surface area (Å²) < 4.78 is 7.10. The van der Waals surface area contributed by atoms with Crippen molar-refractivity contribution in [3.05, 3.63) is 103 Å². The van der Waals surface area contributed by atoms with Gasteiger partial charge < -0.3 is 19.4 Å². The van der Waals surface area contributed by atoms with Crippen LogP contribution >= 0.6 is 0 Å². The number of H-pyrrole nitrogens is 1. The van der Waals surface area contributed by atoms with Gasteiger partial charge in [0.15, 0.2) is 0 Å². The fourth-order valence-electron chi connectivity index (χ4n) is 5.00. The Bertz CT molecular complexity index is 1600. The van der Waals surface area contributed by atoms with Crippen molar-refractivity contribution in [1.82, 2.24) is 9.55 Å². The molecule has 0 fully saturated rings. The number of nitrogens with one attached hydrogen (secondary N) is 1. The van der Waals surface area contributed by atoms with Crippen molar-refractivity contribution >= 4 is 16.9 Å². The van der Waals surface area contributed by atoms with Crippen molar-refractivity contribution < 1.29 is 14.6 Å². The van der Waals surface area contributed by atoms with Gasteiger partial charge in [0.25, 0.3) is 11.1 Å². The van der Waals surface area contributed by atoms with Gasteiger partial charge in [-0.05, 0) is 68.0 Å². The molecule has 7 heteroatoms. The van der Waals surface area contributed by atoms with E-state index in [1.165, 1.54) is 0 Å². The van der Waals surface area contributed by atoms with E-state index in [2.05, 4.69) is 4.98 Å². The number of nitrogens with zero attached hydrogens (tertiary/aromatic N) is 1. The number of benzene rings is 2. The van der Waals surface area contributed by atoms with Gasteiger partial charge in [-0.15, -0.1) is 0 Å². The maximum atomic E-state index is 13.7. The second-order valence-electron chi connectivity index (χ2n) is 9.27. The van der Waals surface area contributed by atoms with Crippen LogP contribution in [0.3, 0.4) is 0 Å². The maximum absolute atomic E-state index is 13.7. The van der Waals surface area contributed by atoms with Crippen molar-refractivity contribution in [1.29, 1.82) is 0 Å². The molecule has 0 saturated heterocycles. The average Bonchev–Trinajstić information content (AvgIpc) is 2.79. The molecule has 1 atom stereocenters. The topological polar surface area (TPSA) is 101 Å². The molecule has 5 rings (SSSR count). The van der Waals surface area contributed by atoms with Gasteiger partial charge in [-0.3, -0.25) is 14.4 Å². The van der Waals surface area contributed by atoms with Crippen LogP contribution in [-0.2, 0) is 17.8 Å². The number of phenols is 1. The number of fused-ring (bicyclic) bond motifs is 2. The lowest BCUT2D eigenvalue weighted by atomic mass is 9.86. The van der Waals surface area contributed by atoms with E-state index in [1.807, 2.05) is 38.1 Å². The molecule has 0 aliphatic carbocycles. The van der Waals surface area contributed by atoms with Crippen LogP contribution in [0.5, 0.6) is 11.5 Å². The van der Waals surface area contributed by atoms with Gasteiger partial charge >= 0.3 is 5.97 Å². The number of pyridine rings is 2. The van der Waals surface area contributed by atoms with E-state index in [4.69, 9.17) is 4.74 Å². The van der Waals surface area contributed by atoms with Crippen LogP contribution in [0.25, 0.3) is 10.9 Å². The average molecular weight is 471 g/mol. The van der Waals surface area contributed by atoms with Gasteiger partial charge in [-0.25, -0.2) is 0 Å². The molecule has 0 spiro atoms. The van der Waals surface area contributed by atoms with Crippen molar-refractivity contribution in [2.75, 3.05) is 0 Å². The largest absolute Gasteiger partial charge is 0.508 e. The number of hydrogen-bond acceptors (Lipinski definition) is 5. The zero-order valence-electron chi connectivity index (χ0n) is 19.8. The number of aromatic hydroxyl groups is 1. The predicted molar refractivity (Wildman–Crippen MR) is 133 cm³/mol. The zero-order valence-corrected chi connectivity index (χ0v) is 19.8. The number of aromatic nitrogens is 2. The highest BCUT2D eigenvalue weighted by molar-refractivity contribution is 5.84. The summed E-state index contributed by atoms with van der Waals surface area (Å²) in [5.74, 6) is -0.766. The summed E-state index contributed by atoms with van der Waals surface area (Å²) in [5, 5.41) is 10.4. The summed E-state index contributed by atoms with van der Waals surface area (Å²) in [4.78, 5) is 42.3. The Balaban J connectivity index is 1.62. The molecule has 4 aromatic rings. The number of aryl methyl sites for hydroxylation is 4. The van der Waals surface area contributed by atoms with Gasteiger partial charge in [0.1, 0.15) is 11.5 Å². The zero-order chi connectivity index (χ0) is 24.9. The number of hydrogen-bond donors (Lipinski definition) is 2. The lowest BCUT2D eigenvalue weighted by molar-refractivity contribution is -0.135. The predicted octanol–water partition coefficient (Wildman–Crippen LogP) is 4.00. The van der Waals surface area contributed by atoms with Crippen molar-refractivity contribution in [3.63, 3.8) is 0 Å². The maximum Gasteiger partial charge on any atom is 0.312 e. The van der Waals surface area contributed by atoms with Crippen LogP contribution in [0, 0.1) is 20.8 Å². The van der Waals surface area contributed by atoms with Gasteiger partial charge in [0.2, 0.25) is 0 Å². The summed E-state index contributed by atoms with van der Waals surface area (Å²) in [5.41, 5.74) is 4.54. The first kappa shape index (κ1) is 22.7. The first-order valence-electron chi connectivity index (χ1n) is 11.6. The molecule has 2 N–H and O–H groups in total. The van der Waals surface area contributed by atoms with Gasteiger partial charge in [-0.1, -0.05) is 23.8 Å². The quantitative estimate of drug-likeness (QED) is 0.439. The lowest BCUT2D eigenvalue weighted by Crippen LogP contribution is -2.35. The fourth-order valence-corrected chi connectivity index (χ4v) is 5.00. The Labute approximate surface area is 201 Å². The van der Waals surface area contributed by atoms with Crippen molar-refractivity contribution in [3.8, 4) is 11.5 Å². The van der Waals surface area contributed by atoms with E-state index in [-0.39, 0.29) is 29.0 Å². The minimum absolute atomic E-state index is 0.0807. The smallest absolute Gasteiger partial charge is 0.312 e. The molecule has 2 aromatic heterocycles. The van der Waals surface area contributed by atoms with Crippen LogP contribution in [0.2, 0.25) is 0 Å². The second kappa shape index (κ2) is 8.58. The molecule has 0 saturated carbocycles. The summed E-state index contributed by atoms with van der Waals surface area (Å²) >= 11 is 0. The third-order valence-corrected chi connectivity index (χ3v) is 6.71. The first-order chi connectivity index (χ1) is 16.7. The molecular weight excluding hydrogens is 444 g/mol. The molecular formula is C28H26N2O5. The Hall–Kier alpha value is -4.13. The normalized spacial score (nSPS) is 15.2. The van der Waals surface area contributed by atoms with Gasteiger partial charge in [0, 0.05) is 29.8 Å². The monoisotopic (exact) mass is 470 g/mol. The van der Waals surface area contributed by atoms with Crippen LogP contribution < -0.4 is 15.9 Å². The standard InChI is InChI=1S/C28H26N2O5/c1-15-10-16(2)26-19(11-15)13-22(27(33)29-26)21-14-24(32)35-23-12-17(3)30(28(34)25(21)23)9-8-18-4-6-20(31)7-5-18/h4-7,10-13,21,31H,8-9,14H2,1-3H3,(H,29,33)/t21-/m0/s1. The molecule has 0 amide bonds. The molecule has 35 heavy (non-hydrogen) atoms. The van der Waals surface area contributed by atoms with E-state index in [1.54, 1.807) is 35.8 Å². The molecule has 178 valence electrons. The lowest BCUT2D eigenvalue weighted by Gasteiger charge is -2.26. The minimum atomic E-state index is -0.701. The third-order valence-electron chi connectivity index (χ3n) is 6.71. The van der Waals surface area contributed by atoms with Crippen LogP contribution in [-0.4, -0.2) is 20.6 Å². The van der Waals surface area contributed by atoms with E-state index >= 15 is 0 Å². The van der Waals surface area contributed by atoms with Gasteiger partial charge in [-0.2, -0.15) is 0 Å². The van der Waals surface area contributed by atoms with E-state index in [9.17, 15) is 19.5 Å². The van der Waals surface area contributed by atoms with E-state index in [0.29, 0.717) is 29.8 Å². The Morgan fingerprint density at radius 3 is 2.51 bits per heavy atom. The van der Waals surface area contributed by atoms with Crippen molar-refractivity contribution in [2.24, 2.45) is 0 Å². The first-order valence-corrected chi connectivity index (χ1v) is 11.6. The number of ether oxygens (including phenoxy) is 1. The van der Waals surface area contributed by atoms with Crippen LogP contribution in [0.4, 0.5) is 0 Å². The van der Waals surface area contributed by atoms with E-state index in [0.717, 1.165) is 27.6 Å². The highest BCUT2D eigenvalue weighted by Crippen LogP contribution is 2.36. The SMILES string of the molecule is Cc1cc(C)c2[nH]c(=O)c([C@@H]3CC(=O)Oc4cc(C)n(CCc5ccc(O)cc5)c(=O)c43)cc2c1. The third kappa shape index (κ3) is 4.14. The number of rotatable bonds is 4. The Kier molecular flexibility index (Phi) is 5.55. The molecule has 0 radical (unpaired) electrons. The summed E-state index contributed by atoms with van der Waals surface area (Å²) in [6.45, 7) is 6.13. The molecule has 0 bridgehead atoms. The highest BCUT2D eigenvalue weighted by Gasteiger charge is 2.34.